The summed E-state index contributed by atoms with van der Waals surface area (Å²) in [7, 11) is -0.806. The van der Waals surface area contributed by atoms with Crippen molar-refractivity contribution in [3.05, 3.63) is 6.22 Å². The molecule has 2 saturated heterocycles. The number of hydrogen-bond acceptors (Lipinski definition) is 4. The van der Waals surface area contributed by atoms with Crippen molar-refractivity contribution in [2.75, 3.05) is 0 Å². The third kappa shape index (κ3) is 3.16. The zero-order valence-electron chi connectivity index (χ0n) is 14.4. The molecule has 2 heterocycles. The normalized spacial score (nSPS) is 29.4. The molecule has 7 heteroatoms. The summed E-state index contributed by atoms with van der Waals surface area (Å²) >= 11 is 0. The van der Waals surface area contributed by atoms with Gasteiger partial charge in [-0.3, -0.25) is 6.22 Å². The topological polar surface area (TPSA) is 36.9 Å². The smallest absolute Gasteiger partial charge is 0.430 e. The Labute approximate surface area is 136 Å². The fourth-order valence-corrected chi connectivity index (χ4v) is 2.06. The minimum atomic E-state index is -0.403. The maximum atomic E-state index is 5.92. The van der Waals surface area contributed by atoms with Crippen molar-refractivity contribution in [3.8, 4) is 0 Å². The fraction of sp³-hybridized carbons (Fsp3) is 0.923. The molecule has 0 unspecified atom stereocenters. The van der Waals surface area contributed by atoms with Crippen LogP contribution >= 0.6 is 0 Å². The monoisotopic (exact) mass is 274 g/mol. The first-order valence-corrected chi connectivity index (χ1v) is 6.93. The van der Waals surface area contributed by atoms with Gasteiger partial charge in [-0.15, -0.1) is 0 Å². The van der Waals surface area contributed by atoms with E-state index in [1.807, 2.05) is 61.6 Å². The summed E-state index contributed by atoms with van der Waals surface area (Å²) in [6.07, 6.45) is 1.85. The summed E-state index contributed by atoms with van der Waals surface area (Å²) in [5.41, 5.74) is -1.34. The zero-order valence-corrected chi connectivity index (χ0v) is 14.4. The molecule has 0 N–H and O–H groups in total. The number of hydrogen-bond donors (Lipinski definition) is 0. The molecule has 0 aromatic rings. The average molecular weight is 274 g/mol. The molecular weight excluding hydrogens is 249 g/mol. The van der Waals surface area contributed by atoms with E-state index < -0.39 is 14.2 Å². The standard InChI is InChI=1S/C13H25B2O4.Li/c1-10(2)11(3,4)17-14(16-10)9-15-18-12(5,6)13(7,8)19-15;/h9H,1-8H3;/q-1;+1. The largest absolute Gasteiger partial charge is 1.00 e. The third-order valence-electron chi connectivity index (χ3n) is 4.86. The van der Waals surface area contributed by atoms with E-state index >= 15 is 0 Å². The molecule has 0 spiro atoms. The van der Waals surface area contributed by atoms with Gasteiger partial charge >= 0.3 is 18.9 Å². The van der Waals surface area contributed by atoms with Crippen molar-refractivity contribution in [2.45, 2.75) is 77.8 Å². The van der Waals surface area contributed by atoms with Crippen LogP contribution in [0.15, 0.2) is 0 Å². The predicted molar refractivity (Wildman–Crippen MR) is 76.5 cm³/mol. The second kappa shape index (κ2) is 5.33. The molecule has 2 aliphatic heterocycles. The summed E-state index contributed by atoms with van der Waals surface area (Å²) in [6.45, 7) is 16.3. The van der Waals surface area contributed by atoms with Crippen LogP contribution in [0.4, 0.5) is 0 Å². The molecule has 0 saturated carbocycles. The van der Waals surface area contributed by atoms with Crippen molar-refractivity contribution in [1.29, 1.82) is 0 Å². The molecule has 0 amide bonds. The van der Waals surface area contributed by atoms with Gasteiger partial charge in [0.05, 0.1) is 22.4 Å². The minimum absolute atomic E-state index is 0. The van der Waals surface area contributed by atoms with Crippen LogP contribution in [0.3, 0.4) is 0 Å². The predicted octanol–water partition coefficient (Wildman–Crippen LogP) is -0.543. The quantitative estimate of drug-likeness (QED) is 0.500. The van der Waals surface area contributed by atoms with Gasteiger partial charge in [0.2, 0.25) is 0 Å². The van der Waals surface area contributed by atoms with Crippen LogP contribution in [-0.2, 0) is 18.6 Å². The minimum Gasteiger partial charge on any atom is -0.430 e. The molecule has 2 rings (SSSR count). The van der Waals surface area contributed by atoms with E-state index in [1.54, 1.807) is 0 Å². The van der Waals surface area contributed by atoms with Crippen molar-refractivity contribution in [3.63, 3.8) is 0 Å². The second-order valence-electron chi connectivity index (χ2n) is 7.44. The van der Waals surface area contributed by atoms with Gasteiger partial charge in [0.25, 0.3) is 14.2 Å². The Balaban J connectivity index is 0.00000200. The molecule has 20 heavy (non-hydrogen) atoms. The van der Waals surface area contributed by atoms with Crippen molar-refractivity contribution < 1.29 is 37.5 Å². The maximum absolute atomic E-state index is 5.92. The molecule has 0 aromatic heterocycles. The van der Waals surface area contributed by atoms with E-state index in [9.17, 15) is 0 Å². The van der Waals surface area contributed by atoms with E-state index in [1.165, 1.54) is 0 Å². The summed E-state index contributed by atoms with van der Waals surface area (Å²) in [4.78, 5) is 0. The van der Waals surface area contributed by atoms with Gasteiger partial charge in [-0.1, -0.05) is 0 Å². The summed E-state index contributed by atoms with van der Waals surface area (Å²) in [5, 5.41) is 0. The molecule has 2 aliphatic rings. The first-order valence-electron chi connectivity index (χ1n) is 6.93. The third-order valence-corrected chi connectivity index (χ3v) is 4.86. The van der Waals surface area contributed by atoms with E-state index in [2.05, 4.69) is 0 Å². The first kappa shape index (κ1) is 18.6. The van der Waals surface area contributed by atoms with Gasteiger partial charge in [0.15, 0.2) is 0 Å². The first-order chi connectivity index (χ1) is 8.36. The van der Waals surface area contributed by atoms with Crippen LogP contribution < -0.4 is 18.9 Å². The molecular formula is C13H25B2LiO4. The Morgan fingerprint density at radius 3 is 0.950 bits per heavy atom. The molecule has 0 aromatic carbocycles. The van der Waals surface area contributed by atoms with Gasteiger partial charge in [0.1, 0.15) is 0 Å². The fourth-order valence-electron chi connectivity index (χ4n) is 2.06. The van der Waals surface area contributed by atoms with Gasteiger partial charge in [-0.2, -0.15) is 0 Å². The van der Waals surface area contributed by atoms with Crippen molar-refractivity contribution in [2.24, 2.45) is 0 Å². The second-order valence-corrected chi connectivity index (χ2v) is 7.44. The molecule has 108 valence electrons. The van der Waals surface area contributed by atoms with Crippen LogP contribution in [0.1, 0.15) is 55.4 Å². The Kier molecular flexibility index (Phi) is 4.96. The molecule has 0 atom stereocenters. The molecule has 0 aliphatic carbocycles. The summed E-state index contributed by atoms with van der Waals surface area (Å²) < 4.78 is 23.7. The van der Waals surface area contributed by atoms with Crippen LogP contribution in [-0.4, -0.2) is 36.6 Å². The molecule has 0 radical (unpaired) electrons. The van der Waals surface area contributed by atoms with E-state index in [-0.39, 0.29) is 41.3 Å². The van der Waals surface area contributed by atoms with Gasteiger partial charge in [-0.25, -0.2) is 0 Å². The molecule has 2 fully saturated rings. The van der Waals surface area contributed by atoms with Crippen LogP contribution in [0.5, 0.6) is 0 Å². The van der Waals surface area contributed by atoms with E-state index in [0.29, 0.717) is 0 Å². The van der Waals surface area contributed by atoms with E-state index in [0.717, 1.165) is 0 Å². The Morgan fingerprint density at radius 1 is 0.550 bits per heavy atom. The SMILES string of the molecule is CC1(C)OB([CH-]B2OC(C)(C)C(C)(C)O2)OC1(C)C.[Li+]. The van der Waals surface area contributed by atoms with Crippen LogP contribution in [0.2, 0.25) is 0 Å². The van der Waals surface area contributed by atoms with Gasteiger partial charge in [-0.05, 0) is 55.4 Å². The zero-order chi connectivity index (χ0) is 14.7. The van der Waals surface area contributed by atoms with Crippen LogP contribution in [0.25, 0.3) is 0 Å². The van der Waals surface area contributed by atoms with Gasteiger partial charge in [0, 0.05) is 0 Å². The Morgan fingerprint density at radius 2 is 0.750 bits per heavy atom. The number of rotatable bonds is 2. The Hall–Kier alpha value is 0.567. The summed E-state index contributed by atoms with van der Waals surface area (Å²) in [6, 6.07) is 0. The van der Waals surface area contributed by atoms with Crippen molar-refractivity contribution >= 4 is 14.2 Å². The van der Waals surface area contributed by atoms with Crippen LogP contribution in [0, 0.1) is 6.22 Å². The van der Waals surface area contributed by atoms with Crippen molar-refractivity contribution in [1.82, 2.24) is 0 Å². The maximum Gasteiger partial charge on any atom is 1.00 e. The molecule has 4 nitrogen and oxygen atoms in total. The van der Waals surface area contributed by atoms with E-state index in [4.69, 9.17) is 18.6 Å². The average Bonchev–Trinajstić information content (AvgIpc) is 2.42. The summed E-state index contributed by atoms with van der Waals surface area (Å²) in [5.74, 6) is 0. The Bertz CT molecular complexity index is 305. The van der Waals surface area contributed by atoms with Gasteiger partial charge < -0.3 is 18.6 Å². The molecule has 0 bridgehead atoms.